The fourth-order valence-corrected chi connectivity index (χ4v) is 2.34. The highest BCUT2D eigenvalue weighted by Gasteiger charge is 2.30. The Hall–Kier alpha value is 0.430. The molecule has 2 atom stereocenters. The molecule has 1 fully saturated rings. The normalized spacial score (nSPS) is 37.4. The molecule has 0 bridgehead atoms. The van der Waals surface area contributed by atoms with Crippen LogP contribution in [0.15, 0.2) is 10.2 Å². The Labute approximate surface area is 88.4 Å². The van der Waals surface area contributed by atoms with E-state index >= 15 is 0 Å². The molecule has 0 saturated heterocycles. The molecule has 70 valence electrons. The van der Waals surface area contributed by atoms with Crippen LogP contribution in [-0.4, -0.2) is 10.7 Å². The number of halogens is 1. The predicted molar refractivity (Wildman–Crippen MR) is 60.4 cm³/mol. The van der Waals surface area contributed by atoms with E-state index in [0.717, 1.165) is 19.3 Å². The third-order valence-corrected chi connectivity index (χ3v) is 3.16. The van der Waals surface area contributed by atoms with E-state index in [4.69, 9.17) is 0 Å². The van der Waals surface area contributed by atoms with E-state index in [1.165, 1.54) is 12.8 Å². The fourth-order valence-electron chi connectivity index (χ4n) is 2.08. The molecule has 1 aliphatic rings. The van der Waals surface area contributed by atoms with Gasteiger partial charge in [0.1, 0.15) is 0 Å². The molecule has 1 nitrogen and oxygen atoms in total. The smallest absolute Gasteiger partial charge is 0.0684 e. The summed E-state index contributed by atoms with van der Waals surface area (Å²) in [5.41, 5.74) is -0.390. The van der Waals surface area contributed by atoms with Gasteiger partial charge in [-0.25, -0.2) is 0 Å². The molecular formula is C10H17IO. The van der Waals surface area contributed by atoms with Crippen LogP contribution in [0.4, 0.5) is 0 Å². The average molecular weight is 280 g/mol. The Kier molecular flexibility index (Phi) is 4.03. The van der Waals surface area contributed by atoms with Crippen LogP contribution in [0.2, 0.25) is 0 Å². The monoisotopic (exact) mass is 280 g/mol. The maximum absolute atomic E-state index is 10.1. The summed E-state index contributed by atoms with van der Waals surface area (Å²) in [5.74, 6) is 0.700. The third-order valence-electron chi connectivity index (χ3n) is 2.65. The van der Waals surface area contributed by atoms with Gasteiger partial charge >= 0.3 is 0 Å². The topological polar surface area (TPSA) is 20.2 Å². The Bertz CT molecular complexity index is 167. The van der Waals surface area contributed by atoms with E-state index in [1.807, 2.05) is 4.08 Å². The van der Waals surface area contributed by atoms with Gasteiger partial charge in [0.2, 0.25) is 0 Å². The van der Waals surface area contributed by atoms with Gasteiger partial charge in [-0.2, -0.15) is 0 Å². The molecule has 1 aliphatic carbocycles. The van der Waals surface area contributed by atoms with Crippen LogP contribution in [0.5, 0.6) is 0 Å². The van der Waals surface area contributed by atoms with E-state index in [-0.39, 0.29) is 5.60 Å². The summed E-state index contributed by atoms with van der Waals surface area (Å²) in [5, 5.41) is 10.1. The number of hydrogen-bond donors (Lipinski definition) is 1. The van der Waals surface area contributed by atoms with Gasteiger partial charge in [0, 0.05) is 0 Å². The molecule has 0 aromatic carbocycles. The second-order valence-electron chi connectivity index (χ2n) is 3.99. The SMILES string of the molecule is CC1CCCC(O)(C/C=C/I)C1. The molecule has 1 saturated carbocycles. The Morgan fingerprint density at radius 3 is 3.00 bits per heavy atom. The molecule has 0 aliphatic heterocycles. The highest BCUT2D eigenvalue weighted by molar-refractivity contribution is 14.1. The van der Waals surface area contributed by atoms with Crippen LogP contribution >= 0.6 is 22.6 Å². The zero-order chi connectivity index (χ0) is 9.03. The summed E-state index contributed by atoms with van der Waals surface area (Å²) >= 11 is 2.20. The number of aliphatic hydroxyl groups is 1. The molecule has 0 amide bonds. The zero-order valence-electron chi connectivity index (χ0n) is 7.59. The van der Waals surface area contributed by atoms with Gasteiger partial charge in [0.15, 0.2) is 0 Å². The molecule has 0 aromatic rings. The Morgan fingerprint density at radius 1 is 1.67 bits per heavy atom. The minimum atomic E-state index is -0.390. The largest absolute Gasteiger partial charge is 0.390 e. The lowest BCUT2D eigenvalue weighted by Crippen LogP contribution is -2.33. The first-order chi connectivity index (χ1) is 5.66. The van der Waals surface area contributed by atoms with Crippen molar-refractivity contribution in [1.82, 2.24) is 0 Å². The van der Waals surface area contributed by atoms with E-state index in [0.29, 0.717) is 5.92 Å². The van der Waals surface area contributed by atoms with E-state index < -0.39 is 0 Å². The van der Waals surface area contributed by atoms with Crippen LogP contribution in [-0.2, 0) is 0 Å². The lowest BCUT2D eigenvalue weighted by molar-refractivity contribution is -0.00998. The maximum atomic E-state index is 10.1. The molecule has 0 spiro atoms. The third kappa shape index (κ3) is 3.05. The quantitative estimate of drug-likeness (QED) is 0.770. The highest BCUT2D eigenvalue weighted by Crippen LogP contribution is 2.34. The van der Waals surface area contributed by atoms with Crippen molar-refractivity contribution >= 4 is 22.6 Å². The zero-order valence-corrected chi connectivity index (χ0v) is 9.75. The Balaban J connectivity index is 2.45. The molecule has 2 heteroatoms. The molecule has 1 rings (SSSR count). The van der Waals surface area contributed by atoms with Crippen molar-refractivity contribution in [3.63, 3.8) is 0 Å². The van der Waals surface area contributed by atoms with Crippen molar-refractivity contribution in [2.75, 3.05) is 0 Å². The first-order valence-corrected chi connectivity index (χ1v) is 5.88. The fraction of sp³-hybridized carbons (Fsp3) is 0.800. The van der Waals surface area contributed by atoms with Crippen molar-refractivity contribution in [2.45, 2.75) is 44.6 Å². The summed E-state index contributed by atoms with van der Waals surface area (Å²) in [6, 6.07) is 0. The van der Waals surface area contributed by atoms with Crippen LogP contribution in [0.3, 0.4) is 0 Å². The van der Waals surface area contributed by atoms with E-state index in [1.54, 1.807) is 0 Å². The maximum Gasteiger partial charge on any atom is 0.0684 e. The van der Waals surface area contributed by atoms with E-state index in [9.17, 15) is 5.11 Å². The van der Waals surface area contributed by atoms with Crippen molar-refractivity contribution < 1.29 is 5.11 Å². The second-order valence-corrected chi connectivity index (χ2v) is 4.71. The minimum Gasteiger partial charge on any atom is -0.390 e. The van der Waals surface area contributed by atoms with Crippen LogP contribution in [0.1, 0.15) is 39.0 Å². The van der Waals surface area contributed by atoms with Crippen LogP contribution in [0, 0.1) is 5.92 Å². The number of hydrogen-bond acceptors (Lipinski definition) is 1. The summed E-state index contributed by atoms with van der Waals surface area (Å²) in [4.78, 5) is 0. The lowest BCUT2D eigenvalue weighted by Gasteiger charge is -2.34. The van der Waals surface area contributed by atoms with Crippen molar-refractivity contribution in [2.24, 2.45) is 5.92 Å². The van der Waals surface area contributed by atoms with Gasteiger partial charge in [0.05, 0.1) is 5.60 Å². The van der Waals surface area contributed by atoms with Gasteiger partial charge < -0.3 is 5.11 Å². The van der Waals surface area contributed by atoms with Crippen LogP contribution in [0.25, 0.3) is 0 Å². The summed E-state index contributed by atoms with van der Waals surface area (Å²) in [6.07, 6.45) is 7.34. The molecule has 0 radical (unpaired) electrons. The van der Waals surface area contributed by atoms with Gasteiger partial charge in [-0.15, -0.1) is 0 Å². The molecule has 12 heavy (non-hydrogen) atoms. The van der Waals surface area contributed by atoms with E-state index in [2.05, 4.69) is 35.6 Å². The second kappa shape index (κ2) is 4.61. The standard InChI is InChI=1S/C10H17IO/c1-9-4-2-5-10(12,8-9)6-3-7-11/h3,7,9,12H,2,4-6,8H2,1H3/b7-3+. The molecule has 2 unspecified atom stereocenters. The molecule has 0 heterocycles. The van der Waals surface area contributed by atoms with Crippen molar-refractivity contribution in [1.29, 1.82) is 0 Å². The summed E-state index contributed by atoms with van der Waals surface area (Å²) in [7, 11) is 0. The van der Waals surface area contributed by atoms with Crippen molar-refractivity contribution in [3.05, 3.63) is 10.2 Å². The summed E-state index contributed by atoms with van der Waals surface area (Å²) < 4.78 is 2.00. The minimum absolute atomic E-state index is 0.390. The van der Waals surface area contributed by atoms with Gasteiger partial charge in [-0.1, -0.05) is 48.4 Å². The van der Waals surface area contributed by atoms with Crippen molar-refractivity contribution in [3.8, 4) is 0 Å². The molecular weight excluding hydrogens is 263 g/mol. The van der Waals surface area contributed by atoms with Gasteiger partial charge in [-0.3, -0.25) is 0 Å². The Morgan fingerprint density at radius 2 is 2.42 bits per heavy atom. The first kappa shape index (κ1) is 10.5. The van der Waals surface area contributed by atoms with Crippen LogP contribution < -0.4 is 0 Å². The lowest BCUT2D eigenvalue weighted by atomic mass is 9.77. The highest BCUT2D eigenvalue weighted by atomic mass is 127. The molecule has 1 N–H and O–H groups in total. The van der Waals surface area contributed by atoms with Gasteiger partial charge in [-0.05, 0) is 29.3 Å². The predicted octanol–water partition coefficient (Wildman–Crippen LogP) is 3.27. The van der Waals surface area contributed by atoms with Gasteiger partial charge in [0.25, 0.3) is 0 Å². The first-order valence-electron chi connectivity index (χ1n) is 4.64. The summed E-state index contributed by atoms with van der Waals surface area (Å²) in [6.45, 7) is 2.23. The average Bonchev–Trinajstić information content (AvgIpc) is 2.01. The number of rotatable bonds is 2. The molecule has 0 aromatic heterocycles.